The third-order valence-electron chi connectivity index (χ3n) is 3.90. The molecule has 0 unspecified atom stereocenters. The van der Waals surface area contributed by atoms with Crippen molar-refractivity contribution in [3.8, 4) is 0 Å². The van der Waals surface area contributed by atoms with Gasteiger partial charge in [0.15, 0.2) is 0 Å². The van der Waals surface area contributed by atoms with Crippen LogP contribution in [-0.2, 0) is 6.61 Å². The van der Waals surface area contributed by atoms with Gasteiger partial charge in [-0.2, -0.15) is 0 Å². The number of aliphatic hydroxyl groups is 1. The Hall–Kier alpha value is -2.21. The molecule has 122 valence electrons. The molecule has 6 heteroatoms. The normalized spacial score (nSPS) is 10.8. The summed E-state index contributed by atoms with van der Waals surface area (Å²) in [5.41, 5.74) is 1.89. The maximum atomic E-state index is 12.6. The monoisotopic (exact) mass is 358 g/mol. The fraction of sp³-hybridized carbons (Fsp3) is 0.111. The van der Waals surface area contributed by atoms with E-state index in [2.05, 4.69) is 4.98 Å². The van der Waals surface area contributed by atoms with Crippen LogP contribution in [0, 0.1) is 0 Å². The Bertz CT molecular complexity index is 970. The summed E-state index contributed by atoms with van der Waals surface area (Å²) in [5, 5.41) is 11.1. The number of benzene rings is 2. The number of hydrogen-bond acceptors (Lipinski definition) is 3. The van der Waals surface area contributed by atoms with Crippen LogP contribution < -0.4 is 10.5 Å². The summed E-state index contributed by atoms with van der Waals surface area (Å²) in [6, 6.07) is 14.7. The van der Waals surface area contributed by atoms with Gasteiger partial charge in [-0.15, -0.1) is 0 Å². The molecule has 0 aliphatic heterocycles. The highest BCUT2D eigenvalue weighted by Crippen LogP contribution is 2.24. The number of nitrogens with one attached hydrogen (secondary N) is 1. The fourth-order valence-corrected chi connectivity index (χ4v) is 3.16. The molecule has 2 aromatic carbocycles. The number of rotatable bonds is 3. The van der Waals surface area contributed by atoms with E-state index in [0.29, 0.717) is 26.7 Å². The first-order valence-corrected chi connectivity index (χ1v) is 8.10. The number of fused-ring (bicyclic) bond motifs is 1. The summed E-state index contributed by atoms with van der Waals surface area (Å²) in [6.45, 7) is -0.292. The quantitative estimate of drug-likeness (QED) is 0.704. The van der Waals surface area contributed by atoms with Crippen LogP contribution in [0.5, 0.6) is 0 Å². The van der Waals surface area contributed by atoms with Gasteiger partial charge in [-0.25, -0.2) is 0 Å². The highest BCUT2D eigenvalue weighted by atomic mass is 35.5. The van der Waals surface area contributed by atoms with E-state index < -0.39 is 0 Å². The molecular weight excluding hydrogens is 344 g/mol. The third kappa shape index (κ3) is 2.94. The molecule has 0 aliphatic rings. The number of nitrogens with zero attached hydrogens (tertiary/aromatic N) is 1. The average molecular weight is 359 g/mol. The molecule has 0 saturated heterocycles. The summed E-state index contributed by atoms with van der Waals surface area (Å²) in [7, 11) is 1.80. The zero-order valence-electron chi connectivity index (χ0n) is 12.9. The van der Waals surface area contributed by atoms with Crippen molar-refractivity contribution in [3.63, 3.8) is 0 Å². The Morgan fingerprint density at radius 3 is 2.62 bits per heavy atom. The van der Waals surface area contributed by atoms with Crippen molar-refractivity contribution >= 4 is 45.4 Å². The van der Waals surface area contributed by atoms with Gasteiger partial charge in [0.25, 0.3) is 5.56 Å². The minimum Gasteiger partial charge on any atom is -0.392 e. The SMILES string of the molecule is CN(C(=S)c1c(CO)c2ccc(Cl)cc2[nH]c1=O)c1ccccc1. The highest BCUT2D eigenvalue weighted by molar-refractivity contribution is 7.81. The first kappa shape index (κ1) is 16.6. The van der Waals surface area contributed by atoms with Crippen molar-refractivity contribution in [2.45, 2.75) is 6.61 Å². The van der Waals surface area contributed by atoms with Crippen molar-refractivity contribution < 1.29 is 5.11 Å². The van der Waals surface area contributed by atoms with E-state index in [1.807, 2.05) is 30.3 Å². The minimum atomic E-state index is -0.346. The van der Waals surface area contributed by atoms with Crippen LogP contribution in [0.3, 0.4) is 0 Å². The number of aromatic nitrogens is 1. The van der Waals surface area contributed by atoms with Gasteiger partial charge in [0.05, 0.1) is 17.7 Å². The lowest BCUT2D eigenvalue weighted by molar-refractivity contribution is 0.283. The number of para-hydroxylation sites is 1. The highest BCUT2D eigenvalue weighted by Gasteiger charge is 2.19. The van der Waals surface area contributed by atoms with Gasteiger partial charge in [-0.05, 0) is 24.3 Å². The predicted octanol–water partition coefficient (Wildman–Crippen LogP) is 3.49. The fourth-order valence-electron chi connectivity index (χ4n) is 2.67. The van der Waals surface area contributed by atoms with Crippen LogP contribution in [0.1, 0.15) is 11.1 Å². The molecule has 0 bridgehead atoms. The number of anilines is 1. The molecule has 0 spiro atoms. The van der Waals surface area contributed by atoms with Crippen LogP contribution in [-0.4, -0.2) is 22.1 Å². The van der Waals surface area contributed by atoms with Crippen molar-refractivity contribution in [2.75, 3.05) is 11.9 Å². The second-order valence-electron chi connectivity index (χ2n) is 5.36. The lowest BCUT2D eigenvalue weighted by Gasteiger charge is -2.22. The average Bonchev–Trinajstić information content (AvgIpc) is 2.59. The standard InChI is InChI=1S/C18H15ClN2O2S/c1-21(12-5-3-2-4-6-12)18(24)16-14(10-22)13-8-7-11(19)9-15(13)20-17(16)23/h2-9,22H,10H2,1H3,(H,20,23). The van der Waals surface area contributed by atoms with Gasteiger partial charge in [-0.3, -0.25) is 4.79 Å². The second-order valence-corrected chi connectivity index (χ2v) is 6.18. The molecule has 4 nitrogen and oxygen atoms in total. The molecule has 1 heterocycles. The summed E-state index contributed by atoms with van der Waals surface area (Å²) >= 11 is 11.5. The molecule has 0 amide bonds. The lowest BCUT2D eigenvalue weighted by atomic mass is 10.0. The van der Waals surface area contributed by atoms with Crippen LogP contribution in [0.15, 0.2) is 53.3 Å². The molecule has 24 heavy (non-hydrogen) atoms. The van der Waals surface area contributed by atoms with Gasteiger partial charge in [0, 0.05) is 28.7 Å². The van der Waals surface area contributed by atoms with Gasteiger partial charge in [0.1, 0.15) is 4.99 Å². The number of aliphatic hydroxyl groups excluding tert-OH is 1. The lowest BCUT2D eigenvalue weighted by Crippen LogP contribution is -2.32. The van der Waals surface area contributed by atoms with Crippen LogP contribution in [0.2, 0.25) is 5.02 Å². The maximum absolute atomic E-state index is 12.6. The molecule has 0 aliphatic carbocycles. The topological polar surface area (TPSA) is 56.3 Å². The first-order valence-electron chi connectivity index (χ1n) is 7.31. The zero-order chi connectivity index (χ0) is 17.3. The van der Waals surface area contributed by atoms with E-state index in [1.54, 1.807) is 30.1 Å². The van der Waals surface area contributed by atoms with Crippen molar-refractivity contribution in [3.05, 3.63) is 75.0 Å². The van der Waals surface area contributed by atoms with Crippen LogP contribution in [0.25, 0.3) is 10.9 Å². The zero-order valence-corrected chi connectivity index (χ0v) is 14.5. The molecule has 3 rings (SSSR count). The Labute approximate surface area is 149 Å². The number of thiocarbonyl (C=S) groups is 1. The number of H-pyrrole nitrogens is 1. The van der Waals surface area contributed by atoms with Crippen LogP contribution >= 0.6 is 23.8 Å². The maximum Gasteiger partial charge on any atom is 0.259 e. The molecule has 0 fully saturated rings. The smallest absolute Gasteiger partial charge is 0.259 e. The van der Waals surface area contributed by atoms with E-state index in [1.165, 1.54) is 0 Å². The Morgan fingerprint density at radius 1 is 1.25 bits per heavy atom. The third-order valence-corrected chi connectivity index (χ3v) is 4.62. The molecule has 3 aromatic rings. The van der Waals surface area contributed by atoms with Gasteiger partial charge < -0.3 is 15.0 Å². The molecule has 0 atom stereocenters. The largest absolute Gasteiger partial charge is 0.392 e. The minimum absolute atomic E-state index is 0.292. The van der Waals surface area contributed by atoms with E-state index in [-0.39, 0.29) is 12.2 Å². The van der Waals surface area contributed by atoms with Crippen molar-refractivity contribution in [1.29, 1.82) is 0 Å². The summed E-state index contributed by atoms with van der Waals surface area (Å²) in [5.74, 6) is 0. The number of aromatic amines is 1. The molecule has 0 saturated carbocycles. The van der Waals surface area contributed by atoms with E-state index in [9.17, 15) is 9.90 Å². The summed E-state index contributed by atoms with van der Waals surface area (Å²) in [6.07, 6.45) is 0. The van der Waals surface area contributed by atoms with Gasteiger partial charge in [0.2, 0.25) is 0 Å². The van der Waals surface area contributed by atoms with E-state index in [0.717, 1.165) is 11.1 Å². The van der Waals surface area contributed by atoms with Gasteiger partial charge >= 0.3 is 0 Å². The number of pyridine rings is 1. The number of hydrogen-bond donors (Lipinski definition) is 2. The molecular formula is C18H15ClN2O2S. The van der Waals surface area contributed by atoms with Crippen molar-refractivity contribution in [1.82, 2.24) is 4.98 Å². The Balaban J connectivity index is 2.18. The van der Waals surface area contributed by atoms with Crippen LogP contribution in [0.4, 0.5) is 5.69 Å². The Kier molecular flexibility index (Phi) is 4.66. The molecule has 1 aromatic heterocycles. The summed E-state index contributed by atoms with van der Waals surface area (Å²) < 4.78 is 0. The number of halogens is 1. The van der Waals surface area contributed by atoms with Gasteiger partial charge in [-0.1, -0.05) is 48.1 Å². The van der Waals surface area contributed by atoms with E-state index >= 15 is 0 Å². The second kappa shape index (κ2) is 6.73. The van der Waals surface area contributed by atoms with Crippen molar-refractivity contribution in [2.24, 2.45) is 0 Å². The molecule has 2 N–H and O–H groups in total. The molecule has 0 radical (unpaired) electrons. The van der Waals surface area contributed by atoms with E-state index in [4.69, 9.17) is 23.8 Å². The predicted molar refractivity (Wildman–Crippen MR) is 102 cm³/mol. The Morgan fingerprint density at radius 2 is 1.96 bits per heavy atom. The summed E-state index contributed by atoms with van der Waals surface area (Å²) in [4.78, 5) is 17.5. The first-order chi connectivity index (χ1) is 11.5.